The molecule has 1 nitrogen and oxygen atoms in total. The van der Waals surface area contributed by atoms with Crippen molar-refractivity contribution in [3.8, 4) is 33.4 Å². The summed E-state index contributed by atoms with van der Waals surface area (Å²) in [6.45, 7) is 0. The number of benzene rings is 9. The lowest BCUT2D eigenvalue weighted by atomic mass is 9.90. The number of hydrogen-bond acceptors (Lipinski definition) is 3. The second-order valence-corrected chi connectivity index (χ2v) is 17.6. The van der Waals surface area contributed by atoms with Gasteiger partial charge < -0.3 is 4.90 Å². The molecule has 0 unspecified atom stereocenters. The summed E-state index contributed by atoms with van der Waals surface area (Å²) in [4.78, 5) is 2.53. The van der Waals surface area contributed by atoms with Crippen LogP contribution in [0.4, 0.5) is 17.1 Å². The van der Waals surface area contributed by atoms with Crippen LogP contribution in [0, 0.1) is 0 Å². The smallest absolute Gasteiger partial charge is 0.0640 e. The SMILES string of the molecule is C1=Cc2c(cccc2-c2ccc(N(c3cccc4c3sc3cccc(-c5ccccc5)c34)c3cccc4c3sc3cccc(-c5ccc6ccccc6c5)c34)cc2)CC1. The molecule has 1 aliphatic carbocycles. The molecule has 278 valence electrons. The minimum atomic E-state index is 1.10. The van der Waals surface area contributed by atoms with E-state index in [1.165, 1.54) is 107 Å². The molecule has 2 aromatic heterocycles. The van der Waals surface area contributed by atoms with Crippen LogP contribution < -0.4 is 4.90 Å². The normalized spacial score (nSPS) is 12.5. The Hall–Kier alpha value is -6.78. The van der Waals surface area contributed by atoms with Crippen LogP contribution in [0.25, 0.3) is 90.6 Å². The molecule has 0 saturated carbocycles. The standard InChI is InChI=1S/C56H37NS2/c1-2-14-38(15-3-1)45-21-11-27-51-53(45)47-23-9-25-49(55(47)58-51)57(42-33-31-39(32-34-42)44-20-8-18-37-16-6-7-19-43(37)44)50-26-10-24-48-54-46(22-12-28-52(54)59-56(48)50)41-30-29-36-13-4-5-17-40(36)35-41/h1-5,7-15,17-35H,6,16H2. The van der Waals surface area contributed by atoms with Crippen molar-refractivity contribution >= 4 is 96.9 Å². The van der Waals surface area contributed by atoms with Gasteiger partial charge in [0.05, 0.1) is 20.8 Å². The van der Waals surface area contributed by atoms with Gasteiger partial charge in [-0.3, -0.25) is 0 Å². The second-order valence-electron chi connectivity index (χ2n) is 15.5. The summed E-state index contributed by atoms with van der Waals surface area (Å²) in [5.41, 5.74) is 13.9. The van der Waals surface area contributed by atoms with Crippen molar-refractivity contribution in [2.24, 2.45) is 0 Å². The van der Waals surface area contributed by atoms with Crippen molar-refractivity contribution in [1.29, 1.82) is 0 Å². The van der Waals surface area contributed by atoms with E-state index >= 15 is 0 Å². The number of hydrogen-bond donors (Lipinski definition) is 0. The third-order valence-corrected chi connectivity index (χ3v) is 14.5. The van der Waals surface area contributed by atoms with Gasteiger partial charge in [-0.2, -0.15) is 0 Å². The van der Waals surface area contributed by atoms with E-state index in [1.54, 1.807) is 0 Å². The molecule has 1 aliphatic rings. The van der Waals surface area contributed by atoms with E-state index in [-0.39, 0.29) is 0 Å². The summed E-state index contributed by atoms with van der Waals surface area (Å²) in [5.74, 6) is 0. The van der Waals surface area contributed by atoms with Crippen molar-refractivity contribution in [3.63, 3.8) is 0 Å². The fraction of sp³-hybridized carbons (Fsp3) is 0.0357. The Kier molecular flexibility index (Phi) is 8.11. The fourth-order valence-corrected chi connectivity index (χ4v) is 11.9. The summed E-state index contributed by atoms with van der Waals surface area (Å²) >= 11 is 3.79. The topological polar surface area (TPSA) is 3.24 Å². The summed E-state index contributed by atoms with van der Waals surface area (Å²) in [6, 6.07) is 69.8. The molecular formula is C56H37NS2. The summed E-state index contributed by atoms with van der Waals surface area (Å²) in [7, 11) is 0. The van der Waals surface area contributed by atoms with E-state index in [0.29, 0.717) is 0 Å². The maximum absolute atomic E-state index is 2.53. The zero-order chi connectivity index (χ0) is 38.9. The Labute approximate surface area is 351 Å². The van der Waals surface area contributed by atoms with Gasteiger partial charge in [-0.1, -0.05) is 158 Å². The average molecular weight is 788 g/mol. The van der Waals surface area contributed by atoms with Gasteiger partial charge in [0.25, 0.3) is 0 Å². The predicted octanol–water partition coefficient (Wildman–Crippen LogP) is 17.0. The van der Waals surface area contributed by atoms with Crippen LogP contribution in [0.1, 0.15) is 17.5 Å². The van der Waals surface area contributed by atoms with Gasteiger partial charge in [0.1, 0.15) is 0 Å². The van der Waals surface area contributed by atoms with Crippen molar-refractivity contribution in [2.75, 3.05) is 4.90 Å². The minimum Gasteiger partial charge on any atom is -0.308 e. The van der Waals surface area contributed by atoms with E-state index in [9.17, 15) is 0 Å². The monoisotopic (exact) mass is 787 g/mol. The average Bonchev–Trinajstić information content (AvgIpc) is 3.89. The number of fused-ring (bicyclic) bond motifs is 8. The summed E-state index contributed by atoms with van der Waals surface area (Å²) < 4.78 is 5.16. The Morgan fingerprint density at radius 2 is 1.00 bits per heavy atom. The van der Waals surface area contributed by atoms with Gasteiger partial charge in [-0.25, -0.2) is 0 Å². The molecule has 0 saturated heterocycles. The molecule has 0 spiro atoms. The number of rotatable bonds is 6. The molecule has 0 radical (unpaired) electrons. The first kappa shape index (κ1) is 34.3. The van der Waals surface area contributed by atoms with Gasteiger partial charge in [0.15, 0.2) is 0 Å². The molecule has 0 fully saturated rings. The molecule has 11 aromatic rings. The fourth-order valence-electron chi connectivity index (χ4n) is 9.39. The highest BCUT2D eigenvalue weighted by molar-refractivity contribution is 7.27. The number of aryl methyl sites for hydroxylation is 1. The van der Waals surface area contributed by atoms with E-state index in [4.69, 9.17) is 0 Å². The van der Waals surface area contributed by atoms with Gasteiger partial charge in [0, 0.05) is 36.6 Å². The molecule has 2 heterocycles. The van der Waals surface area contributed by atoms with E-state index in [2.05, 4.69) is 205 Å². The van der Waals surface area contributed by atoms with E-state index in [1.807, 2.05) is 22.7 Å². The van der Waals surface area contributed by atoms with Crippen LogP contribution in [0.5, 0.6) is 0 Å². The first-order valence-electron chi connectivity index (χ1n) is 20.4. The van der Waals surface area contributed by atoms with E-state index in [0.717, 1.165) is 18.5 Å². The zero-order valence-electron chi connectivity index (χ0n) is 32.2. The summed E-state index contributed by atoms with van der Waals surface area (Å²) in [6.07, 6.45) is 6.83. The number of allylic oxidation sites excluding steroid dienone is 1. The van der Waals surface area contributed by atoms with Crippen LogP contribution in [-0.2, 0) is 6.42 Å². The van der Waals surface area contributed by atoms with Gasteiger partial charge in [0.2, 0.25) is 0 Å². The lowest BCUT2D eigenvalue weighted by Crippen LogP contribution is -2.10. The third-order valence-electron chi connectivity index (χ3n) is 12.1. The molecule has 0 aliphatic heterocycles. The Bertz CT molecular complexity index is 3440. The molecule has 0 atom stereocenters. The number of thiophene rings is 2. The van der Waals surface area contributed by atoms with Crippen molar-refractivity contribution in [3.05, 3.63) is 205 Å². The lowest BCUT2D eigenvalue weighted by molar-refractivity contribution is 0.986. The first-order valence-corrected chi connectivity index (χ1v) is 22.0. The maximum Gasteiger partial charge on any atom is 0.0640 e. The number of nitrogens with zero attached hydrogens (tertiary/aromatic N) is 1. The van der Waals surface area contributed by atoms with Crippen LogP contribution in [0.15, 0.2) is 194 Å². The molecule has 0 amide bonds. The molecule has 0 bridgehead atoms. The van der Waals surface area contributed by atoms with Crippen molar-refractivity contribution < 1.29 is 0 Å². The highest BCUT2D eigenvalue weighted by Crippen LogP contribution is 2.51. The second kappa shape index (κ2) is 14.0. The molecule has 0 N–H and O–H groups in total. The van der Waals surface area contributed by atoms with Crippen molar-refractivity contribution in [1.82, 2.24) is 0 Å². The van der Waals surface area contributed by atoms with Crippen LogP contribution in [0.2, 0.25) is 0 Å². The van der Waals surface area contributed by atoms with E-state index < -0.39 is 0 Å². The highest BCUT2D eigenvalue weighted by atomic mass is 32.1. The molecule has 59 heavy (non-hydrogen) atoms. The molecule has 12 rings (SSSR count). The number of anilines is 3. The maximum atomic E-state index is 2.53. The summed E-state index contributed by atoms with van der Waals surface area (Å²) in [5, 5.41) is 7.72. The van der Waals surface area contributed by atoms with Gasteiger partial charge in [-0.15, -0.1) is 22.7 Å². The van der Waals surface area contributed by atoms with Crippen molar-refractivity contribution in [2.45, 2.75) is 12.8 Å². The van der Waals surface area contributed by atoms with Crippen LogP contribution in [-0.4, -0.2) is 0 Å². The van der Waals surface area contributed by atoms with Gasteiger partial charge in [-0.05, 0) is 111 Å². The zero-order valence-corrected chi connectivity index (χ0v) is 33.9. The van der Waals surface area contributed by atoms with Gasteiger partial charge >= 0.3 is 0 Å². The van der Waals surface area contributed by atoms with Crippen LogP contribution in [0.3, 0.4) is 0 Å². The Balaban J connectivity index is 1.09. The largest absolute Gasteiger partial charge is 0.308 e. The third kappa shape index (κ3) is 5.65. The highest BCUT2D eigenvalue weighted by Gasteiger charge is 2.23. The quantitative estimate of drug-likeness (QED) is 0.162. The lowest BCUT2D eigenvalue weighted by Gasteiger charge is -2.27. The first-order chi connectivity index (χ1) is 29.3. The van der Waals surface area contributed by atoms with Crippen LogP contribution >= 0.6 is 22.7 Å². The minimum absolute atomic E-state index is 1.10. The Morgan fingerprint density at radius 3 is 1.71 bits per heavy atom. The Morgan fingerprint density at radius 1 is 0.424 bits per heavy atom. The predicted molar refractivity (Wildman–Crippen MR) is 258 cm³/mol. The molecular weight excluding hydrogens is 751 g/mol. The molecule has 3 heteroatoms. The molecule has 9 aromatic carbocycles.